The summed E-state index contributed by atoms with van der Waals surface area (Å²) in [5.41, 5.74) is 5.78. The van der Waals surface area contributed by atoms with Crippen LogP contribution in [-0.2, 0) is 9.84 Å². The third-order valence-corrected chi connectivity index (χ3v) is 4.00. The van der Waals surface area contributed by atoms with E-state index in [0.717, 1.165) is 6.26 Å². The van der Waals surface area contributed by atoms with Crippen molar-refractivity contribution in [1.82, 2.24) is 9.78 Å². The highest BCUT2D eigenvalue weighted by Crippen LogP contribution is 2.40. The van der Waals surface area contributed by atoms with Gasteiger partial charge in [0.1, 0.15) is 10.7 Å². The molecule has 1 fully saturated rings. The Bertz CT molecular complexity index is 474. The predicted octanol–water partition coefficient (Wildman–Crippen LogP) is 0.840. The van der Waals surface area contributed by atoms with Crippen LogP contribution in [0, 0.1) is 5.92 Å². The lowest BCUT2D eigenvalue weighted by atomic mass is 10.2. The van der Waals surface area contributed by atoms with Gasteiger partial charge in [0.25, 0.3) is 0 Å². The maximum Gasteiger partial charge on any atom is 0.180 e. The fraction of sp³-hybridized carbons (Fsp3) is 0.667. The van der Waals surface area contributed by atoms with Crippen LogP contribution in [0.1, 0.15) is 25.8 Å². The highest BCUT2D eigenvalue weighted by atomic mass is 32.2. The molecule has 2 N–H and O–H groups in total. The Labute approximate surface area is 89.2 Å². The van der Waals surface area contributed by atoms with Crippen molar-refractivity contribution in [2.24, 2.45) is 5.92 Å². The summed E-state index contributed by atoms with van der Waals surface area (Å²) in [5, 5.41) is 4.06. The fourth-order valence-corrected chi connectivity index (χ4v) is 2.46. The van der Waals surface area contributed by atoms with Gasteiger partial charge in [-0.15, -0.1) is 0 Å². The van der Waals surface area contributed by atoms with E-state index in [-0.39, 0.29) is 16.8 Å². The molecule has 1 unspecified atom stereocenters. The summed E-state index contributed by atoms with van der Waals surface area (Å²) in [7, 11) is -3.26. The van der Waals surface area contributed by atoms with E-state index in [2.05, 4.69) is 5.10 Å². The van der Waals surface area contributed by atoms with Gasteiger partial charge in [-0.05, 0) is 25.7 Å². The first-order valence-electron chi connectivity index (χ1n) is 4.94. The zero-order valence-electron chi connectivity index (χ0n) is 8.84. The average Bonchev–Trinajstić information content (AvgIpc) is 2.87. The maximum absolute atomic E-state index is 11.3. The van der Waals surface area contributed by atoms with E-state index in [1.54, 1.807) is 4.68 Å². The smallest absolute Gasteiger partial charge is 0.180 e. The molecular formula is C9H15N3O2S. The fourth-order valence-electron chi connectivity index (χ4n) is 1.74. The summed E-state index contributed by atoms with van der Waals surface area (Å²) in [6, 6.07) is 0.195. The van der Waals surface area contributed by atoms with Crippen molar-refractivity contribution in [2.45, 2.75) is 30.7 Å². The summed E-state index contributed by atoms with van der Waals surface area (Å²) < 4.78 is 24.3. The van der Waals surface area contributed by atoms with Gasteiger partial charge in [0, 0.05) is 6.26 Å². The predicted molar refractivity (Wildman–Crippen MR) is 57.2 cm³/mol. The molecule has 0 radical (unpaired) electrons. The van der Waals surface area contributed by atoms with E-state index in [4.69, 9.17) is 5.73 Å². The molecule has 1 heterocycles. The first kappa shape index (κ1) is 10.5. The van der Waals surface area contributed by atoms with Gasteiger partial charge in [0.15, 0.2) is 9.84 Å². The van der Waals surface area contributed by atoms with E-state index in [9.17, 15) is 8.42 Å². The topological polar surface area (TPSA) is 78.0 Å². The SMILES string of the molecule is CC(C1CC1)n1ncc(S(C)(=O)=O)c1N. The molecule has 0 bridgehead atoms. The van der Waals surface area contributed by atoms with Crippen molar-refractivity contribution in [3.8, 4) is 0 Å². The Balaban J connectivity index is 2.39. The number of nitrogens with zero attached hydrogens (tertiary/aromatic N) is 2. The van der Waals surface area contributed by atoms with Crippen LogP contribution in [0.25, 0.3) is 0 Å². The molecule has 1 aromatic heterocycles. The number of nitrogen functional groups attached to an aromatic ring is 1. The molecule has 1 aliphatic carbocycles. The lowest BCUT2D eigenvalue weighted by Crippen LogP contribution is -2.13. The number of nitrogens with two attached hydrogens (primary N) is 1. The van der Waals surface area contributed by atoms with E-state index in [1.807, 2.05) is 6.92 Å². The van der Waals surface area contributed by atoms with Crippen molar-refractivity contribution in [2.75, 3.05) is 12.0 Å². The number of aromatic nitrogens is 2. The minimum atomic E-state index is -3.26. The molecule has 1 saturated carbocycles. The van der Waals surface area contributed by atoms with Gasteiger partial charge in [-0.25, -0.2) is 13.1 Å². The number of rotatable bonds is 3. The minimum absolute atomic E-state index is 0.134. The lowest BCUT2D eigenvalue weighted by molar-refractivity contribution is 0.446. The Morgan fingerprint density at radius 2 is 2.20 bits per heavy atom. The molecule has 5 nitrogen and oxygen atoms in total. The zero-order chi connectivity index (χ0) is 11.2. The molecule has 1 aromatic rings. The third kappa shape index (κ3) is 1.86. The molecule has 6 heteroatoms. The second kappa shape index (κ2) is 3.23. The van der Waals surface area contributed by atoms with Crippen molar-refractivity contribution in [3.63, 3.8) is 0 Å². The summed E-state index contributed by atoms with van der Waals surface area (Å²) in [6.45, 7) is 2.02. The highest BCUT2D eigenvalue weighted by Gasteiger charge is 2.31. The van der Waals surface area contributed by atoms with Gasteiger partial charge in [0.05, 0.1) is 12.2 Å². The number of hydrogen-bond donors (Lipinski definition) is 1. The van der Waals surface area contributed by atoms with E-state index in [1.165, 1.54) is 19.0 Å². The largest absolute Gasteiger partial charge is 0.383 e. The molecule has 15 heavy (non-hydrogen) atoms. The van der Waals surface area contributed by atoms with Crippen LogP contribution in [-0.4, -0.2) is 24.5 Å². The quantitative estimate of drug-likeness (QED) is 0.833. The normalized spacial score (nSPS) is 19.1. The molecule has 1 aliphatic rings. The third-order valence-electron chi connectivity index (χ3n) is 2.89. The second-order valence-electron chi connectivity index (χ2n) is 4.19. The van der Waals surface area contributed by atoms with Crippen molar-refractivity contribution in [1.29, 1.82) is 0 Å². The van der Waals surface area contributed by atoms with Crippen LogP contribution < -0.4 is 5.73 Å². The number of sulfone groups is 1. The Kier molecular flexibility index (Phi) is 2.26. The van der Waals surface area contributed by atoms with Crippen molar-refractivity contribution >= 4 is 15.7 Å². The minimum Gasteiger partial charge on any atom is -0.383 e. The molecule has 2 rings (SSSR count). The van der Waals surface area contributed by atoms with Crippen LogP contribution in [0.5, 0.6) is 0 Å². The van der Waals surface area contributed by atoms with Crippen LogP contribution in [0.4, 0.5) is 5.82 Å². The van der Waals surface area contributed by atoms with Crippen LogP contribution in [0.3, 0.4) is 0 Å². The highest BCUT2D eigenvalue weighted by molar-refractivity contribution is 7.90. The van der Waals surface area contributed by atoms with Gasteiger partial charge in [-0.3, -0.25) is 0 Å². The molecule has 84 valence electrons. The van der Waals surface area contributed by atoms with Crippen LogP contribution in [0.2, 0.25) is 0 Å². The van der Waals surface area contributed by atoms with Crippen LogP contribution >= 0.6 is 0 Å². The van der Waals surface area contributed by atoms with E-state index < -0.39 is 9.84 Å². The molecule has 0 saturated heterocycles. The molecule has 1 atom stereocenters. The molecule has 0 amide bonds. The summed E-state index contributed by atoms with van der Waals surface area (Å²) >= 11 is 0. The summed E-state index contributed by atoms with van der Waals surface area (Å²) in [5.74, 6) is 0.858. The van der Waals surface area contributed by atoms with Crippen molar-refractivity contribution in [3.05, 3.63) is 6.20 Å². The number of hydrogen-bond acceptors (Lipinski definition) is 4. The standard InChI is InChI=1S/C9H15N3O2S/c1-6(7-3-4-7)12-9(10)8(5-11-12)15(2,13)14/h5-7H,3-4,10H2,1-2H3. The number of anilines is 1. The Morgan fingerprint density at radius 1 is 1.60 bits per heavy atom. The monoisotopic (exact) mass is 229 g/mol. The van der Waals surface area contributed by atoms with Crippen molar-refractivity contribution < 1.29 is 8.42 Å². The van der Waals surface area contributed by atoms with Crippen LogP contribution in [0.15, 0.2) is 11.1 Å². The first-order chi connectivity index (χ1) is 6.91. The van der Waals surface area contributed by atoms with Gasteiger partial charge in [-0.1, -0.05) is 0 Å². The molecule has 0 aromatic carbocycles. The summed E-state index contributed by atoms with van der Waals surface area (Å²) in [6.07, 6.45) is 4.83. The van der Waals surface area contributed by atoms with E-state index >= 15 is 0 Å². The maximum atomic E-state index is 11.3. The molecule has 0 spiro atoms. The van der Waals surface area contributed by atoms with E-state index in [0.29, 0.717) is 5.92 Å². The van der Waals surface area contributed by atoms with Gasteiger partial charge in [0.2, 0.25) is 0 Å². The first-order valence-corrected chi connectivity index (χ1v) is 6.83. The zero-order valence-corrected chi connectivity index (χ0v) is 9.66. The summed E-state index contributed by atoms with van der Waals surface area (Å²) in [4.78, 5) is 0.134. The second-order valence-corrected chi connectivity index (χ2v) is 6.17. The molecule has 0 aliphatic heterocycles. The molecular weight excluding hydrogens is 214 g/mol. The Hall–Kier alpha value is -1.04. The average molecular weight is 229 g/mol. The van der Waals surface area contributed by atoms with Gasteiger partial charge in [-0.2, -0.15) is 5.10 Å². The van der Waals surface area contributed by atoms with Gasteiger partial charge >= 0.3 is 0 Å². The Morgan fingerprint density at radius 3 is 2.60 bits per heavy atom. The lowest BCUT2D eigenvalue weighted by Gasteiger charge is -2.12. The van der Waals surface area contributed by atoms with Gasteiger partial charge < -0.3 is 5.73 Å².